The van der Waals surface area contributed by atoms with Gasteiger partial charge in [-0.2, -0.15) is 0 Å². The minimum atomic E-state index is 0.167. The fraction of sp³-hybridized carbons (Fsp3) is 0.471. The van der Waals surface area contributed by atoms with Gasteiger partial charge in [0.15, 0.2) is 0 Å². The van der Waals surface area contributed by atoms with Crippen LogP contribution in [0.3, 0.4) is 0 Å². The van der Waals surface area contributed by atoms with E-state index in [0.29, 0.717) is 17.9 Å². The average molecular weight is 495 g/mol. The molecule has 1 saturated carbocycles. The molecule has 3 aliphatic rings. The number of fused-ring (bicyclic) bond motifs is 1. The summed E-state index contributed by atoms with van der Waals surface area (Å²) in [6.45, 7) is 6.40. The Morgan fingerprint density at radius 1 is 0.784 bits per heavy atom. The lowest BCUT2D eigenvalue weighted by molar-refractivity contribution is -0.0446. The maximum Gasteiger partial charge on any atom is 0.0720 e. The molecule has 37 heavy (non-hydrogen) atoms. The van der Waals surface area contributed by atoms with Crippen LogP contribution in [-0.2, 0) is 29.8 Å². The van der Waals surface area contributed by atoms with Gasteiger partial charge in [0.05, 0.1) is 12.7 Å². The van der Waals surface area contributed by atoms with Crippen molar-refractivity contribution in [2.24, 2.45) is 11.8 Å². The van der Waals surface area contributed by atoms with Crippen molar-refractivity contribution in [3.63, 3.8) is 0 Å². The lowest BCUT2D eigenvalue weighted by Crippen LogP contribution is -2.57. The Bertz CT molecular complexity index is 1140. The Hall–Kier alpha value is -2.46. The van der Waals surface area contributed by atoms with Crippen LogP contribution in [0.2, 0.25) is 0 Å². The second-order valence-corrected chi connectivity index (χ2v) is 11.8. The third-order valence-corrected chi connectivity index (χ3v) is 9.48. The first kappa shape index (κ1) is 24.9. The second kappa shape index (κ2) is 11.1. The van der Waals surface area contributed by atoms with Gasteiger partial charge < -0.3 is 9.64 Å². The number of hydrogen-bond acceptors (Lipinski definition) is 3. The first-order valence-corrected chi connectivity index (χ1v) is 14.4. The number of rotatable bonds is 7. The van der Waals surface area contributed by atoms with Crippen LogP contribution >= 0.6 is 0 Å². The summed E-state index contributed by atoms with van der Waals surface area (Å²) in [5, 5.41) is 0. The zero-order chi connectivity index (χ0) is 25.1. The summed E-state index contributed by atoms with van der Waals surface area (Å²) in [6, 6.07) is 31.1. The van der Waals surface area contributed by atoms with E-state index in [1.54, 1.807) is 5.56 Å². The molecule has 194 valence electrons. The summed E-state index contributed by atoms with van der Waals surface area (Å²) < 4.78 is 6.79. The molecular weight excluding hydrogens is 452 g/mol. The lowest BCUT2D eigenvalue weighted by Gasteiger charge is -2.54. The molecule has 3 nitrogen and oxygen atoms in total. The molecule has 0 spiro atoms. The largest absolute Gasteiger partial charge is 0.373 e. The molecule has 0 radical (unpaired) electrons. The van der Waals surface area contributed by atoms with Crippen molar-refractivity contribution in [1.82, 2.24) is 9.80 Å². The first-order valence-electron chi connectivity index (χ1n) is 14.4. The number of likely N-dealkylation sites (tertiary alicyclic amines) is 1. The van der Waals surface area contributed by atoms with Crippen LogP contribution < -0.4 is 0 Å². The number of ether oxygens (including phenoxy) is 1. The lowest BCUT2D eigenvalue weighted by atomic mass is 9.56. The molecule has 1 aliphatic carbocycles. The Morgan fingerprint density at radius 2 is 1.46 bits per heavy atom. The van der Waals surface area contributed by atoms with E-state index >= 15 is 0 Å². The Kier molecular flexibility index (Phi) is 7.46. The maximum atomic E-state index is 6.79. The summed E-state index contributed by atoms with van der Waals surface area (Å²) in [5.74, 6) is 1.26. The summed E-state index contributed by atoms with van der Waals surface area (Å²) in [7, 11) is 2.34. The van der Waals surface area contributed by atoms with E-state index in [1.807, 2.05) is 0 Å². The van der Waals surface area contributed by atoms with Crippen molar-refractivity contribution in [1.29, 1.82) is 0 Å². The van der Waals surface area contributed by atoms with Gasteiger partial charge in [-0.15, -0.1) is 0 Å². The highest BCUT2D eigenvalue weighted by Gasteiger charge is 2.54. The number of benzene rings is 3. The Labute approximate surface area is 223 Å². The maximum absolute atomic E-state index is 6.79. The van der Waals surface area contributed by atoms with Crippen LogP contribution in [0.1, 0.15) is 54.4 Å². The molecule has 0 aromatic heterocycles. The predicted molar refractivity (Wildman–Crippen MR) is 151 cm³/mol. The minimum absolute atomic E-state index is 0.167. The molecule has 3 heteroatoms. The highest BCUT2D eigenvalue weighted by Crippen LogP contribution is 2.54. The van der Waals surface area contributed by atoms with E-state index in [1.165, 1.54) is 61.9 Å². The van der Waals surface area contributed by atoms with Gasteiger partial charge in [0.2, 0.25) is 0 Å². The van der Waals surface area contributed by atoms with Crippen molar-refractivity contribution in [2.75, 3.05) is 26.7 Å². The molecule has 1 saturated heterocycles. The summed E-state index contributed by atoms with van der Waals surface area (Å²) in [6.07, 6.45) is 6.64. The highest BCUT2D eigenvalue weighted by atomic mass is 16.5. The summed E-state index contributed by atoms with van der Waals surface area (Å²) in [4.78, 5) is 5.28. The van der Waals surface area contributed by atoms with Gasteiger partial charge in [0.25, 0.3) is 0 Å². The van der Waals surface area contributed by atoms with E-state index in [-0.39, 0.29) is 5.41 Å². The SMILES string of the molecule is CN1Cc2ccccc2C(C2CCN(Cc3ccccc3)CC2)([C@H]2CCC[C@@H]2OCc2ccccc2)C1. The van der Waals surface area contributed by atoms with Crippen LogP contribution in [0.15, 0.2) is 84.9 Å². The summed E-state index contributed by atoms with van der Waals surface area (Å²) in [5.41, 5.74) is 6.06. The molecule has 2 heterocycles. The van der Waals surface area contributed by atoms with E-state index < -0.39 is 0 Å². The van der Waals surface area contributed by atoms with E-state index in [2.05, 4.69) is 102 Å². The van der Waals surface area contributed by atoms with Crippen LogP contribution in [0.25, 0.3) is 0 Å². The molecular formula is C34H42N2O. The molecule has 0 amide bonds. The topological polar surface area (TPSA) is 15.7 Å². The van der Waals surface area contributed by atoms with Gasteiger partial charge in [-0.05, 0) is 79.9 Å². The van der Waals surface area contributed by atoms with Crippen LogP contribution in [-0.4, -0.2) is 42.6 Å². The van der Waals surface area contributed by atoms with Gasteiger partial charge in [0, 0.05) is 25.0 Å². The van der Waals surface area contributed by atoms with E-state index in [9.17, 15) is 0 Å². The number of likely N-dealkylation sites (N-methyl/N-ethyl adjacent to an activating group) is 1. The molecule has 2 fully saturated rings. The van der Waals surface area contributed by atoms with E-state index in [4.69, 9.17) is 4.74 Å². The quantitative estimate of drug-likeness (QED) is 0.365. The highest BCUT2D eigenvalue weighted by molar-refractivity contribution is 5.40. The molecule has 3 aromatic rings. The van der Waals surface area contributed by atoms with Gasteiger partial charge in [-0.25, -0.2) is 0 Å². The Balaban J connectivity index is 1.28. The number of hydrogen-bond donors (Lipinski definition) is 0. The molecule has 1 unspecified atom stereocenters. The standard InChI is InChI=1S/C34H42N2O/c1-35-24-29-15-8-9-16-31(29)34(26-35,30-19-21-36(22-20-30)23-27-11-4-2-5-12-27)32-17-10-18-33(32)37-25-28-13-6-3-7-14-28/h2-9,11-16,30,32-33H,10,17-26H2,1H3/t32-,33-,34?/m0/s1. The summed E-state index contributed by atoms with van der Waals surface area (Å²) >= 11 is 0. The fourth-order valence-corrected chi connectivity index (χ4v) is 7.90. The number of piperidine rings is 1. The molecule has 2 aliphatic heterocycles. The zero-order valence-corrected chi connectivity index (χ0v) is 22.4. The third kappa shape index (κ3) is 5.14. The van der Waals surface area contributed by atoms with E-state index in [0.717, 1.165) is 26.2 Å². The fourth-order valence-electron chi connectivity index (χ4n) is 7.90. The molecule has 0 N–H and O–H groups in total. The van der Waals surface area contributed by atoms with Crippen molar-refractivity contribution >= 4 is 0 Å². The van der Waals surface area contributed by atoms with Crippen LogP contribution in [0, 0.1) is 11.8 Å². The third-order valence-electron chi connectivity index (χ3n) is 9.48. The van der Waals surface area contributed by atoms with Crippen LogP contribution in [0.4, 0.5) is 0 Å². The molecule has 3 aromatic carbocycles. The zero-order valence-electron chi connectivity index (χ0n) is 22.4. The van der Waals surface area contributed by atoms with Gasteiger partial charge >= 0.3 is 0 Å². The minimum Gasteiger partial charge on any atom is -0.373 e. The monoisotopic (exact) mass is 494 g/mol. The molecule has 0 bridgehead atoms. The average Bonchev–Trinajstić information content (AvgIpc) is 3.42. The first-order chi connectivity index (χ1) is 18.2. The number of nitrogens with zero attached hydrogens (tertiary/aromatic N) is 2. The Morgan fingerprint density at radius 3 is 2.22 bits per heavy atom. The van der Waals surface area contributed by atoms with Crippen molar-refractivity contribution < 1.29 is 4.74 Å². The van der Waals surface area contributed by atoms with Gasteiger partial charge in [-0.1, -0.05) is 91.3 Å². The van der Waals surface area contributed by atoms with Crippen molar-refractivity contribution in [2.45, 2.75) is 63.3 Å². The smallest absolute Gasteiger partial charge is 0.0720 e. The predicted octanol–water partition coefficient (Wildman–Crippen LogP) is 6.67. The van der Waals surface area contributed by atoms with Crippen molar-refractivity contribution in [3.8, 4) is 0 Å². The second-order valence-electron chi connectivity index (χ2n) is 11.8. The molecule has 3 atom stereocenters. The van der Waals surface area contributed by atoms with Gasteiger partial charge in [0.1, 0.15) is 0 Å². The normalized spacial score (nSPS) is 27.3. The van der Waals surface area contributed by atoms with Crippen molar-refractivity contribution in [3.05, 3.63) is 107 Å². The molecule has 6 rings (SSSR count). The van der Waals surface area contributed by atoms with Crippen LogP contribution in [0.5, 0.6) is 0 Å². The van der Waals surface area contributed by atoms with Gasteiger partial charge in [-0.3, -0.25) is 4.90 Å².